The Bertz CT molecular complexity index is 1420. The van der Waals surface area contributed by atoms with E-state index in [2.05, 4.69) is 98.0 Å². The Morgan fingerprint density at radius 2 is 1.52 bits per heavy atom. The average Bonchev–Trinajstić information content (AvgIpc) is 2.99. The molecule has 0 atom stereocenters. The van der Waals surface area contributed by atoms with Gasteiger partial charge in [0.2, 0.25) is 0 Å². The fourth-order valence-electron chi connectivity index (χ4n) is 4.51. The molecule has 0 bridgehead atoms. The SMILES string of the molecule is CC(C)=C(c1ccc2c(c1)c1cc(C)ccc1n2C)c1ccnc2ccccc12. The summed E-state index contributed by atoms with van der Waals surface area (Å²) in [6.45, 7) is 6.55. The van der Waals surface area contributed by atoms with Crippen molar-refractivity contribution in [2.24, 2.45) is 7.05 Å². The van der Waals surface area contributed by atoms with E-state index in [9.17, 15) is 0 Å². The van der Waals surface area contributed by atoms with Gasteiger partial charge in [-0.2, -0.15) is 0 Å². The van der Waals surface area contributed by atoms with Crippen molar-refractivity contribution in [2.45, 2.75) is 20.8 Å². The summed E-state index contributed by atoms with van der Waals surface area (Å²) in [5, 5.41) is 3.82. The highest BCUT2D eigenvalue weighted by atomic mass is 14.9. The number of pyridine rings is 1. The van der Waals surface area contributed by atoms with Gasteiger partial charge in [0.05, 0.1) is 5.52 Å². The molecule has 5 aromatic rings. The lowest BCUT2D eigenvalue weighted by atomic mass is 9.91. The largest absolute Gasteiger partial charge is 0.344 e. The monoisotopic (exact) mass is 376 g/mol. The average molecular weight is 377 g/mol. The zero-order valence-corrected chi connectivity index (χ0v) is 17.3. The third kappa shape index (κ3) is 2.75. The van der Waals surface area contributed by atoms with Crippen LogP contribution in [0.25, 0.3) is 38.3 Å². The second kappa shape index (κ2) is 6.59. The molecule has 142 valence electrons. The Labute approximate surface area is 171 Å². The second-order valence-corrected chi connectivity index (χ2v) is 8.06. The first kappa shape index (κ1) is 17.7. The highest BCUT2D eigenvalue weighted by Crippen LogP contribution is 2.36. The summed E-state index contributed by atoms with van der Waals surface area (Å²) in [5.74, 6) is 0. The number of nitrogens with zero attached hydrogens (tertiary/aromatic N) is 2. The van der Waals surface area contributed by atoms with Crippen LogP contribution in [0.4, 0.5) is 0 Å². The number of aryl methyl sites for hydroxylation is 2. The molecule has 0 N–H and O–H groups in total. The van der Waals surface area contributed by atoms with E-state index in [4.69, 9.17) is 0 Å². The van der Waals surface area contributed by atoms with E-state index in [1.807, 2.05) is 12.3 Å². The minimum absolute atomic E-state index is 1.03. The molecule has 0 unspecified atom stereocenters. The molecule has 2 aromatic heterocycles. The van der Waals surface area contributed by atoms with Crippen LogP contribution in [-0.2, 0) is 7.05 Å². The van der Waals surface area contributed by atoms with Crippen LogP contribution < -0.4 is 0 Å². The number of allylic oxidation sites excluding steroid dienone is 1. The number of hydrogen-bond acceptors (Lipinski definition) is 1. The molecule has 0 aliphatic heterocycles. The molecule has 0 spiro atoms. The predicted molar refractivity (Wildman–Crippen MR) is 124 cm³/mol. The Hall–Kier alpha value is -3.39. The molecule has 0 radical (unpaired) electrons. The summed E-state index contributed by atoms with van der Waals surface area (Å²) < 4.78 is 2.29. The summed E-state index contributed by atoms with van der Waals surface area (Å²) in [6.07, 6.45) is 1.92. The minimum Gasteiger partial charge on any atom is -0.344 e. The normalized spacial score (nSPS) is 11.4. The number of fused-ring (bicyclic) bond motifs is 4. The van der Waals surface area contributed by atoms with E-state index < -0.39 is 0 Å². The van der Waals surface area contributed by atoms with Gasteiger partial charge in [0.15, 0.2) is 0 Å². The van der Waals surface area contributed by atoms with Crippen molar-refractivity contribution >= 4 is 38.3 Å². The van der Waals surface area contributed by atoms with Gasteiger partial charge in [-0.1, -0.05) is 41.5 Å². The van der Waals surface area contributed by atoms with Crippen molar-refractivity contribution in [2.75, 3.05) is 0 Å². The molecule has 0 saturated carbocycles. The van der Waals surface area contributed by atoms with Crippen LogP contribution in [0.2, 0.25) is 0 Å². The van der Waals surface area contributed by atoms with Crippen molar-refractivity contribution < 1.29 is 0 Å². The Kier molecular flexibility index (Phi) is 4.02. The summed E-state index contributed by atoms with van der Waals surface area (Å²) >= 11 is 0. The van der Waals surface area contributed by atoms with Crippen molar-refractivity contribution in [3.63, 3.8) is 0 Å². The number of aromatic nitrogens is 2. The smallest absolute Gasteiger partial charge is 0.0708 e. The van der Waals surface area contributed by atoms with Crippen molar-refractivity contribution in [1.82, 2.24) is 9.55 Å². The first-order chi connectivity index (χ1) is 14.0. The van der Waals surface area contributed by atoms with Gasteiger partial charge in [-0.15, -0.1) is 0 Å². The van der Waals surface area contributed by atoms with Crippen LogP contribution >= 0.6 is 0 Å². The molecule has 0 aliphatic rings. The highest BCUT2D eigenvalue weighted by molar-refractivity contribution is 6.10. The number of rotatable bonds is 2. The molecule has 2 nitrogen and oxygen atoms in total. The second-order valence-electron chi connectivity index (χ2n) is 8.06. The molecule has 0 saturated heterocycles. The van der Waals surface area contributed by atoms with E-state index in [0.29, 0.717) is 0 Å². The first-order valence-corrected chi connectivity index (χ1v) is 10.1. The molecule has 0 fully saturated rings. The Morgan fingerprint density at radius 3 is 2.31 bits per heavy atom. The van der Waals surface area contributed by atoms with Gasteiger partial charge in [0.1, 0.15) is 0 Å². The molecule has 2 heterocycles. The summed E-state index contributed by atoms with van der Waals surface area (Å²) in [6, 6.07) is 24.1. The van der Waals surface area contributed by atoms with Crippen LogP contribution in [0.1, 0.15) is 30.5 Å². The maximum absolute atomic E-state index is 4.56. The molecule has 0 aliphatic carbocycles. The lowest BCUT2D eigenvalue weighted by Crippen LogP contribution is -1.94. The topological polar surface area (TPSA) is 17.8 Å². The lowest BCUT2D eigenvalue weighted by Gasteiger charge is -2.14. The molecule has 5 rings (SSSR count). The van der Waals surface area contributed by atoms with E-state index in [0.717, 1.165) is 5.52 Å². The van der Waals surface area contributed by atoms with Gasteiger partial charge >= 0.3 is 0 Å². The maximum atomic E-state index is 4.56. The van der Waals surface area contributed by atoms with Crippen LogP contribution in [0.15, 0.2) is 78.5 Å². The van der Waals surface area contributed by atoms with Crippen LogP contribution in [0.5, 0.6) is 0 Å². The van der Waals surface area contributed by atoms with Crippen molar-refractivity contribution in [3.8, 4) is 0 Å². The van der Waals surface area contributed by atoms with Gasteiger partial charge in [-0.05, 0) is 73.9 Å². The Morgan fingerprint density at radius 1 is 0.793 bits per heavy atom. The first-order valence-electron chi connectivity index (χ1n) is 10.1. The zero-order chi connectivity index (χ0) is 20.1. The maximum Gasteiger partial charge on any atom is 0.0708 e. The number of para-hydroxylation sites is 1. The molecule has 2 heteroatoms. The van der Waals surface area contributed by atoms with Gasteiger partial charge in [0, 0.05) is 40.4 Å². The standard InChI is InChI=1S/C27H24N2/c1-17(2)27(21-13-14-28-24-8-6-5-7-20(21)24)19-10-12-26-23(16-19)22-15-18(3)9-11-25(22)29(26)4/h5-16H,1-4H3. The third-order valence-electron chi connectivity index (χ3n) is 5.87. The van der Waals surface area contributed by atoms with Crippen molar-refractivity contribution in [3.05, 3.63) is 95.2 Å². The van der Waals surface area contributed by atoms with E-state index in [1.54, 1.807) is 0 Å². The predicted octanol–water partition coefficient (Wildman–Crippen LogP) is 7.03. The summed E-state index contributed by atoms with van der Waals surface area (Å²) in [5.41, 5.74) is 9.95. The molecule has 0 amide bonds. The number of hydrogen-bond donors (Lipinski definition) is 0. The van der Waals surface area contributed by atoms with Gasteiger partial charge < -0.3 is 4.57 Å². The quantitative estimate of drug-likeness (QED) is 0.323. The third-order valence-corrected chi connectivity index (χ3v) is 5.87. The molecule has 29 heavy (non-hydrogen) atoms. The van der Waals surface area contributed by atoms with Gasteiger partial charge in [-0.25, -0.2) is 0 Å². The summed E-state index contributed by atoms with van der Waals surface area (Å²) in [4.78, 5) is 4.56. The fourth-order valence-corrected chi connectivity index (χ4v) is 4.51. The van der Waals surface area contributed by atoms with Crippen molar-refractivity contribution in [1.29, 1.82) is 0 Å². The Balaban J connectivity index is 1.81. The van der Waals surface area contributed by atoms with Crippen LogP contribution in [-0.4, -0.2) is 9.55 Å². The minimum atomic E-state index is 1.03. The van der Waals surface area contributed by atoms with Crippen LogP contribution in [0, 0.1) is 6.92 Å². The number of benzene rings is 3. The lowest BCUT2D eigenvalue weighted by molar-refractivity contribution is 1.01. The van der Waals surface area contributed by atoms with Crippen LogP contribution in [0.3, 0.4) is 0 Å². The molecular formula is C27H24N2. The van der Waals surface area contributed by atoms with E-state index in [1.165, 1.54) is 55.0 Å². The van der Waals surface area contributed by atoms with Gasteiger partial charge in [0.25, 0.3) is 0 Å². The highest BCUT2D eigenvalue weighted by Gasteiger charge is 2.14. The van der Waals surface area contributed by atoms with Gasteiger partial charge in [-0.3, -0.25) is 4.98 Å². The molecule has 3 aromatic carbocycles. The van der Waals surface area contributed by atoms with E-state index >= 15 is 0 Å². The fraction of sp³-hybridized carbons (Fsp3) is 0.148. The molecular weight excluding hydrogens is 352 g/mol. The van der Waals surface area contributed by atoms with E-state index in [-0.39, 0.29) is 0 Å². The summed E-state index contributed by atoms with van der Waals surface area (Å²) in [7, 11) is 2.15. The zero-order valence-electron chi connectivity index (χ0n) is 17.3.